The molecule has 6 heteroatoms. The maximum Gasteiger partial charge on any atom is 0.175 e. The Morgan fingerprint density at radius 2 is 1.86 bits per heavy atom. The highest BCUT2D eigenvalue weighted by molar-refractivity contribution is 7.90. The van der Waals surface area contributed by atoms with Crippen molar-refractivity contribution < 1.29 is 17.5 Å². The van der Waals surface area contributed by atoms with Crippen LogP contribution in [-0.2, 0) is 9.84 Å². The van der Waals surface area contributed by atoms with Crippen molar-refractivity contribution in [2.24, 2.45) is 5.73 Å². The van der Waals surface area contributed by atoms with Crippen molar-refractivity contribution >= 4 is 9.84 Å². The maximum atomic E-state index is 13.8. The largest absolute Gasteiger partial charge is 0.457 e. The van der Waals surface area contributed by atoms with Crippen LogP contribution in [0.5, 0.6) is 11.5 Å². The first-order chi connectivity index (χ1) is 9.79. The highest BCUT2D eigenvalue weighted by Gasteiger charge is 2.15. The zero-order valence-electron chi connectivity index (χ0n) is 11.7. The molecule has 0 aliphatic rings. The van der Waals surface area contributed by atoms with E-state index >= 15 is 0 Å². The van der Waals surface area contributed by atoms with E-state index in [9.17, 15) is 12.8 Å². The molecule has 0 bridgehead atoms. The zero-order chi connectivity index (χ0) is 15.6. The molecule has 2 rings (SSSR count). The van der Waals surface area contributed by atoms with Crippen molar-refractivity contribution in [3.05, 3.63) is 53.8 Å². The number of benzene rings is 2. The van der Waals surface area contributed by atoms with Crippen molar-refractivity contribution in [3.8, 4) is 11.5 Å². The lowest BCUT2D eigenvalue weighted by Crippen LogP contribution is -2.09. The smallest absolute Gasteiger partial charge is 0.175 e. The molecule has 21 heavy (non-hydrogen) atoms. The average Bonchev–Trinajstić information content (AvgIpc) is 2.37. The summed E-state index contributed by atoms with van der Waals surface area (Å²) in [4.78, 5) is 0.138. The summed E-state index contributed by atoms with van der Waals surface area (Å²) in [6.07, 6.45) is 1.11. The third kappa shape index (κ3) is 3.59. The molecule has 112 valence electrons. The predicted octanol–water partition coefficient (Wildman–Crippen LogP) is 3.04. The van der Waals surface area contributed by atoms with Crippen LogP contribution in [0.15, 0.2) is 47.4 Å². The second-order valence-corrected chi connectivity index (χ2v) is 6.81. The highest BCUT2D eigenvalue weighted by atomic mass is 32.2. The number of sulfone groups is 1. The molecule has 0 aromatic heterocycles. The molecule has 2 aromatic rings. The molecule has 0 radical (unpaired) electrons. The van der Waals surface area contributed by atoms with Gasteiger partial charge >= 0.3 is 0 Å². The fourth-order valence-electron chi connectivity index (χ4n) is 1.94. The molecule has 0 unspecified atom stereocenters. The summed E-state index contributed by atoms with van der Waals surface area (Å²) in [5.74, 6) is 0.128. The minimum atomic E-state index is -3.33. The van der Waals surface area contributed by atoms with Gasteiger partial charge < -0.3 is 10.5 Å². The van der Waals surface area contributed by atoms with Gasteiger partial charge in [-0.3, -0.25) is 0 Å². The Morgan fingerprint density at radius 3 is 2.48 bits per heavy atom. The van der Waals surface area contributed by atoms with Crippen molar-refractivity contribution in [2.75, 3.05) is 6.26 Å². The molecule has 2 aromatic carbocycles. The molecule has 0 saturated heterocycles. The fourth-order valence-corrected chi connectivity index (χ4v) is 2.60. The predicted molar refractivity (Wildman–Crippen MR) is 78.6 cm³/mol. The van der Waals surface area contributed by atoms with Crippen LogP contribution >= 0.6 is 0 Å². The van der Waals surface area contributed by atoms with E-state index < -0.39 is 21.7 Å². The van der Waals surface area contributed by atoms with Gasteiger partial charge in [-0.15, -0.1) is 0 Å². The van der Waals surface area contributed by atoms with E-state index in [0.717, 1.165) is 6.26 Å². The van der Waals surface area contributed by atoms with Crippen LogP contribution in [0.1, 0.15) is 18.5 Å². The summed E-state index contributed by atoms with van der Waals surface area (Å²) in [6, 6.07) is 9.90. The van der Waals surface area contributed by atoms with E-state index in [1.807, 2.05) is 0 Å². The zero-order valence-corrected chi connectivity index (χ0v) is 12.5. The van der Waals surface area contributed by atoms with E-state index in [-0.39, 0.29) is 16.2 Å². The summed E-state index contributed by atoms with van der Waals surface area (Å²) < 4.78 is 42.5. The van der Waals surface area contributed by atoms with Crippen LogP contribution in [0.2, 0.25) is 0 Å². The molecule has 0 amide bonds. The van der Waals surface area contributed by atoms with E-state index in [1.54, 1.807) is 25.1 Å². The van der Waals surface area contributed by atoms with Crippen molar-refractivity contribution in [1.29, 1.82) is 0 Å². The number of halogens is 1. The lowest BCUT2D eigenvalue weighted by molar-refractivity contribution is 0.459. The quantitative estimate of drug-likeness (QED) is 0.942. The summed E-state index contributed by atoms with van der Waals surface area (Å²) in [6.45, 7) is 1.65. The van der Waals surface area contributed by atoms with E-state index in [1.165, 1.54) is 24.3 Å². The number of nitrogens with two attached hydrogens (primary N) is 1. The molecule has 0 heterocycles. The molecule has 2 N–H and O–H groups in total. The minimum Gasteiger partial charge on any atom is -0.457 e. The molecule has 0 aliphatic carbocycles. The fraction of sp³-hybridized carbons (Fsp3) is 0.200. The van der Waals surface area contributed by atoms with Gasteiger partial charge in [0.1, 0.15) is 17.3 Å². The van der Waals surface area contributed by atoms with Gasteiger partial charge in [0.25, 0.3) is 0 Å². The monoisotopic (exact) mass is 309 g/mol. The minimum absolute atomic E-state index is 0.138. The van der Waals surface area contributed by atoms with Crippen LogP contribution in [0.3, 0.4) is 0 Å². The lowest BCUT2D eigenvalue weighted by atomic mass is 10.1. The molecule has 0 spiro atoms. The second-order valence-electron chi connectivity index (χ2n) is 4.79. The molecular formula is C15H16FNO3S. The molecule has 0 saturated carbocycles. The summed E-state index contributed by atoms with van der Waals surface area (Å²) in [5.41, 5.74) is 6.00. The normalized spacial score (nSPS) is 13.0. The molecule has 0 aliphatic heterocycles. The number of hydrogen-bond donors (Lipinski definition) is 1. The van der Waals surface area contributed by atoms with Gasteiger partial charge in [0.15, 0.2) is 9.84 Å². The average molecular weight is 309 g/mol. The summed E-state index contributed by atoms with van der Waals surface area (Å²) in [5, 5.41) is 0. The Balaban J connectivity index is 2.42. The van der Waals surface area contributed by atoms with Gasteiger partial charge in [-0.1, -0.05) is 12.1 Å². The van der Waals surface area contributed by atoms with Crippen LogP contribution in [0.4, 0.5) is 4.39 Å². The second kappa shape index (κ2) is 5.83. The van der Waals surface area contributed by atoms with Gasteiger partial charge in [0, 0.05) is 17.9 Å². The highest BCUT2D eigenvalue weighted by Crippen LogP contribution is 2.31. The number of hydrogen-bond acceptors (Lipinski definition) is 4. The van der Waals surface area contributed by atoms with Crippen LogP contribution in [-0.4, -0.2) is 14.7 Å². The molecule has 1 atom stereocenters. The topological polar surface area (TPSA) is 69.4 Å². The van der Waals surface area contributed by atoms with E-state index in [4.69, 9.17) is 10.5 Å². The van der Waals surface area contributed by atoms with Crippen LogP contribution in [0, 0.1) is 5.82 Å². The summed E-state index contributed by atoms with van der Waals surface area (Å²) in [7, 11) is -3.33. The van der Waals surface area contributed by atoms with Crippen molar-refractivity contribution in [2.45, 2.75) is 17.9 Å². The first-order valence-corrected chi connectivity index (χ1v) is 8.20. The van der Waals surface area contributed by atoms with Crippen LogP contribution in [0.25, 0.3) is 0 Å². The Kier molecular flexibility index (Phi) is 4.29. The third-order valence-electron chi connectivity index (χ3n) is 2.93. The van der Waals surface area contributed by atoms with Gasteiger partial charge in [-0.25, -0.2) is 12.8 Å². The van der Waals surface area contributed by atoms with Crippen LogP contribution < -0.4 is 10.5 Å². The summed E-state index contributed by atoms with van der Waals surface area (Å²) >= 11 is 0. The lowest BCUT2D eigenvalue weighted by Gasteiger charge is -2.14. The van der Waals surface area contributed by atoms with Gasteiger partial charge in [0.05, 0.1) is 4.90 Å². The van der Waals surface area contributed by atoms with E-state index in [0.29, 0.717) is 5.75 Å². The van der Waals surface area contributed by atoms with Crippen molar-refractivity contribution in [3.63, 3.8) is 0 Å². The number of ether oxygens (including phenoxy) is 1. The SMILES string of the molecule is C[C@H](N)c1c(F)cccc1Oc1cccc(S(C)(=O)=O)c1. The Labute approximate surface area is 123 Å². The molecule has 4 nitrogen and oxygen atoms in total. The standard InChI is InChI=1S/C15H16FNO3S/c1-10(17)15-13(16)7-4-8-14(15)20-11-5-3-6-12(9-11)21(2,18)19/h3-10H,17H2,1-2H3/t10-/m0/s1. The van der Waals surface area contributed by atoms with Crippen molar-refractivity contribution in [1.82, 2.24) is 0 Å². The Morgan fingerprint density at radius 1 is 1.19 bits per heavy atom. The van der Waals surface area contributed by atoms with E-state index in [2.05, 4.69) is 0 Å². The molecular weight excluding hydrogens is 293 g/mol. The maximum absolute atomic E-state index is 13.8. The third-order valence-corrected chi connectivity index (χ3v) is 4.04. The van der Waals surface area contributed by atoms with Gasteiger partial charge in [-0.05, 0) is 37.3 Å². The molecule has 0 fully saturated rings. The first kappa shape index (κ1) is 15.5. The Bertz CT molecular complexity index is 757. The van der Waals surface area contributed by atoms with Gasteiger partial charge in [-0.2, -0.15) is 0 Å². The van der Waals surface area contributed by atoms with Gasteiger partial charge in [0.2, 0.25) is 0 Å². The first-order valence-electron chi connectivity index (χ1n) is 6.31. The number of rotatable bonds is 4. The Hall–Kier alpha value is -1.92.